The highest BCUT2D eigenvalue weighted by atomic mass is 16.6. The summed E-state index contributed by atoms with van der Waals surface area (Å²) in [5.74, 6) is -0.143. The highest BCUT2D eigenvalue weighted by molar-refractivity contribution is 6.07. The summed E-state index contributed by atoms with van der Waals surface area (Å²) >= 11 is 0. The number of carbonyl (C=O) groups is 4. The van der Waals surface area contributed by atoms with E-state index in [0.29, 0.717) is 12.8 Å². The van der Waals surface area contributed by atoms with Crippen molar-refractivity contribution in [1.82, 2.24) is 9.80 Å². The van der Waals surface area contributed by atoms with E-state index in [9.17, 15) is 29.4 Å². The number of anilines is 2. The van der Waals surface area contributed by atoms with Crippen LogP contribution >= 0.6 is 0 Å². The first-order chi connectivity index (χ1) is 28.5. The summed E-state index contributed by atoms with van der Waals surface area (Å²) in [6, 6.07) is 4.24. The van der Waals surface area contributed by atoms with Crippen molar-refractivity contribution in [3.63, 3.8) is 0 Å². The molecular formula is C43H48N4O12. The summed E-state index contributed by atoms with van der Waals surface area (Å²) in [4.78, 5) is 59.7. The van der Waals surface area contributed by atoms with Crippen molar-refractivity contribution in [3.8, 4) is 23.0 Å². The van der Waals surface area contributed by atoms with E-state index in [0.717, 1.165) is 20.9 Å². The van der Waals surface area contributed by atoms with Gasteiger partial charge in [0, 0.05) is 31.0 Å². The van der Waals surface area contributed by atoms with E-state index < -0.39 is 48.5 Å². The van der Waals surface area contributed by atoms with Crippen molar-refractivity contribution in [2.75, 3.05) is 50.4 Å². The number of hydrogen-bond donors (Lipinski definition) is 2. The molecule has 4 aliphatic heterocycles. The van der Waals surface area contributed by atoms with E-state index in [2.05, 4.69) is 13.2 Å². The Morgan fingerprint density at radius 2 is 1.10 bits per heavy atom. The summed E-state index contributed by atoms with van der Waals surface area (Å²) in [5.41, 5.74) is 1.91. The van der Waals surface area contributed by atoms with E-state index in [-0.39, 0.29) is 78.3 Å². The van der Waals surface area contributed by atoms with E-state index in [4.69, 9.17) is 28.4 Å². The number of rotatable bonds is 14. The Hall–Kier alpha value is -6.52. The predicted octanol–water partition coefficient (Wildman–Crippen LogP) is 5.82. The number of fused-ring (bicyclic) bond motifs is 4. The quantitative estimate of drug-likeness (QED) is 0.173. The van der Waals surface area contributed by atoms with Gasteiger partial charge in [-0.15, -0.1) is 0 Å². The van der Waals surface area contributed by atoms with Crippen molar-refractivity contribution in [1.29, 1.82) is 0 Å². The third-order valence-electron chi connectivity index (χ3n) is 10.1. The Morgan fingerprint density at radius 1 is 0.695 bits per heavy atom. The van der Waals surface area contributed by atoms with Gasteiger partial charge in [0.25, 0.3) is 11.8 Å². The van der Waals surface area contributed by atoms with Crippen LogP contribution in [0, 0.1) is 0 Å². The van der Waals surface area contributed by atoms with Crippen LogP contribution in [0.4, 0.5) is 21.0 Å². The second kappa shape index (κ2) is 18.4. The molecule has 0 saturated carbocycles. The van der Waals surface area contributed by atoms with Gasteiger partial charge in [-0.05, 0) is 50.0 Å². The molecule has 16 nitrogen and oxygen atoms in total. The molecule has 4 aliphatic rings. The Kier molecular flexibility index (Phi) is 13.1. The first kappa shape index (κ1) is 42.1. The molecule has 0 spiro atoms. The number of hydrogen-bond acceptors (Lipinski definition) is 12. The molecular weight excluding hydrogens is 764 g/mol. The number of methoxy groups -OCH3 is 2. The fourth-order valence-corrected chi connectivity index (χ4v) is 7.43. The maximum Gasteiger partial charge on any atom is 0.416 e. The van der Waals surface area contributed by atoms with Crippen LogP contribution in [-0.4, -0.2) is 109 Å². The molecule has 4 atom stereocenters. The lowest BCUT2D eigenvalue weighted by atomic mass is 10.1. The standard InChI is InChI=1S/C43H48N4O12/c1-7-12-26-18-32-40(50)46(42(52)58-14-9-3)30-22-36(34(54-5)20-28(30)38(48)44(32)24-26)56-16-11-17-57-37-23-31-29(21-35(37)55-6)39(49)45-25-27(13-8-2)19-33(45)41(51)47(31)43(53)59-15-10-4/h7-10,12-13,20-25,32-33,40-41,50-51H,3-4,11,14-19H2,1-2,5-6H3/b12-7+,13-8+/t32-,33-,40-,41-/m0/s1. The molecule has 2 aromatic rings. The highest BCUT2D eigenvalue weighted by Crippen LogP contribution is 2.44. The molecule has 0 aromatic heterocycles. The third kappa shape index (κ3) is 8.27. The molecule has 6 rings (SSSR count). The number of amides is 4. The molecule has 0 saturated heterocycles. The van der Waals surface area contributed by atoms with Gasteiger partial charge in [-0.25, -0.2) is 19.4 Å². The Bertz CT molecular complexity index is 1980. The number of aliphatic hydroxyl groups is 2. The zero-order valence-electron chi connectivity index (χ0n) is 33.4. The number of benzene rings is 2. The lowest BCUT2D eigenvalue weighted by molar-refractivity contribution is 0.0556. The summed E-state index contributed by atoms with van der Waals surface area (Å²) in [7, 11) is 2.83. The van der Waals surface area contributed by atoms with Crippen LogP contribution in [-0.2, 0) is 9.47 Å². The summed E-state index contributed by atoms with van der Waals surface area (Å²) in [6.45, 7) is 10.7. The van der Waals surface area contributed by atoms with Gasteiger partial charge in [0.2, 0.25) is 0 Å². The predicted molar refractivity (Wildman–Crippen MR) is 217 cm³/mol. The molecule has 59 heavy (non-hydrogen) atoms. The van der Waals surface area contributed by atoms with Gasteiger partial charge in [-0.2, -0.15) is 0 Å². The van der Waals surface area contributed by atoms with Crippen LogP contribution in [0.2, 0.25) is 0 Å². The van der Waals surface area contributed by atoms with Gasteiger partial charge in [0.1, 0.15) is 13.2 Å². The second-order valence-corrected chi connectivity index (χ2v) is 13.8. The smallest absolute Gasteiger partial charge is 0.416 e. The molecule has 0 fully saturated rings. The van der Waals surface area contributed by atoms with Crippen LogP contribution in [0.25, 0.3) is 0 Å². The Morgan fingerprint density at radius 3 is 1.46 bits per heavy atom. The van der Waals surface area contributed by atoms with Gasteiger partial charge in [0.15, 0.2) is 35.5 Å². The minimum Gasteiger partial charge on any atom is -0.493 e. The summed E-state index contributed by atoms with van der Waals surface area (Å²) < 4.78 is 34.1. The van der Waals surface area contributed by atoms with Crippen molar-refractivity contribution >= 4 is 35.4 Å². The molecule has 16 heteroatoms. The Balaban J connectivity index is 1.24. The lowest BCUT2D eigenvalue weighted by Gasteiger charge is -2.31. The average molecular weight is 813 g/mol. The van der Waals surface area contributed by atoms with Crippen LogP contribution in [0.3, 0.4) is 0 Å². The highest BCUT2D eigenvalue weighted by Gasteiger charge is 2.47. The van der Waals surface area contributed by atoms with Crippen LogP contribution in [0.5, 0.6) is 23.0 Å². The minimum absolute atomic E-state index is 0.0543. The fourth-order valence-electron chi connectivity index (χ4n) is 7.43. The Labute approximate surface area is 342 Å². The van der Waals surface area contributed by atoms with Gasteiger partial charge >= 0.3 is 12.2 Å². The van der Waals surface area contributed by atoms with E-state index in [1.165, 1.54) is 60.4 Å². The number of ether oxygens (including phenoxy) is 6. The van der Waals surface area contributed by atoms with E-state index in [1.54, 1.807) is 12.4 Å². The molecule has 0 aliphatic carbocycles. The first-order valence-corrected chi connectivity index (χ1v) is 19.0. The molecule has 2 N–H and O–H groups in total. The van der Waals surface area contributed by atoms with E-state index in [1.807, 2.05) is 38.2 Å². The summed E-state index contributed by atoms with van der Waals surface area (Å²) in [6.07, 6.45) is 9.59. The van der Waals surface area contributed by atoms with Crippen LogP contribution < -0.4 is 28.7 Å². The topological polar surface area (TPSA) is 177 Å². The molecule has 0 unspecified atom stereocenters. The molecule has 0 radical (unpaired) electrons. The number of aliphatic hydroxyl groups excluding tert-OH is 2. The second-order valence-electron chi connectivity index (χ2n) is 13.8. The maximum atomic E-state index is 14.0. The van der Waals surface area contributed by atoms with Gasteiger partial charge in [-0.3, -0.25) is 9.59 Å². The van der Waals surface area contributed by atoms with Crippen molar-refractivity contribution in [2.45, 2.75) is 57.6 Å². The largest absolute Gasteiger partial charge is 0.493 e. The van der Waals surface area contributed by atoms with Gasteiger partial charge < -0.3 is 48.4 Å². The fraction of sp³-hybridized carbons (Fsp3) is 0.349. The molecule has 4 heterocycles. The molecule has 0 bridgehead atoms. The SMILES string of the molecule is C=CCOC(=O)N1c2cc(OCCCOc3cc4c(cc3OC)C(=O)N3C=C(/C=C/C)C[C@H]3[C@H](O)N4C(=O)OCC=C)c(OC)cc2C(=O)N2C=C(/C=C/C)C[C@H]2[C@@H]1O. The molecule has 4 amide bonds. The third-order valence-corrected chi connectivity index (χ3v) is 10.1. The van der Waals surface area contributed by atoms with Gasteiger partial charge in [0.05, 0.1) is 62.0 Å². The number of carbonyl (C=O) groups excluding carboxylic acids is 4. The monoisotopic (exact) mass is 812 g/mol. The number of allylic oxidation sites excluding steroid dienone is 4. The van der Waals surface area contributed by atoms with Crippen LogP contribution in [0.15, 0.2) is 97.4 Å². The normalized spacial score (nSPS) is 20.8. The van der Waals surface area contributed by atoms with Gasteiger partial charge in [-0.1, -0.05) is 49.6 Å². The number of nitrogens with zero attached hydrogens (tertiary/aromatic N) is 4. The first-order valence-electron chi connectivity index (χ1n) is 19.0. The average Bonchev–Trinajstić information content (AvgIpc) is 3.83. The van der Waals surface area contributed by atoms with Crippen molar-refractivity contribution in [2.24, 2.45) is 0 Å². The minimum atomic E-state index is -1.47. The van der Waals surface area contributed by atoms with E-state index >= 15 is 0 Å². The zero-order chi connectivity index (χ0) is 42.4. The van der Waals surface area contributed by atoms with Crippen LogP contribution in [0.1, 0.15) is 53.8 Å². The molecule has 312 valence electrons. The van der Waals surface area contributed by atoms with Crippen molar-refractivity contribution in [3.05, 3.63) is 109 Å². The zero-order valence-corrected chi connectivity index (χ0v) is 33.4. The lowest BCUT2D eigenvalue weighted by Crippen LogP contribution is -2.50. The summed E-state index contributed by atoms with van der Waals surface area (Å²) in [5, 5.41) is 23.2. The molecule has 2 aromatic carbocycles. The maximum absolute atomic E-state index is 14.0. The van der Waals surface area contributed by atoms with Crippen molar-refractivity contribution < 1.29 is 57.8 Å².